The van der Waals surface area contributed by atoms with Crippen LogP contribution >= 0.6 is 0 Å². The number of carbonyl (C=O) groups excluding carboxylic acids is 3. The zero-order valence-corrected chi connectivity index (χ0v) is 15.0. The summed E-state index contributed by atoms with van der Waals surface area (Å²) in [6, 6.07) is 4.88. The van der Waals surface area contributed by atoms with Gasteiger partial charge in [-0.1, -0.05) is 0 Å². The Balaban J connectivity index is 1.90. The fourth-order valence-corrected chi connectivity index (χ4v) is 2.87. The molecule has 0 fully saturated rings. The number of Topliss-reactive ketones (excluding diaryl/α,β-unsaturated/α-hetero) is 1. The molecular weight excluding hydrogens is 356 g/mol. The molecule has 9 nitrogen and oxygen atoms in total. The SMILES string of the molecule is COc1cc2c(c(OC)c1OC)C(=O)C(=O)N2CC(=O)NCc1ccco1. The molecule has 1 aromatic heterocycles. The van der Waals surface area contributed by atoms with Gasteiger partial charge in [-0.2, -0.15) is 0 Å². The molecule has 0 saturated heterocycles. The first kappa shape index (κ1) is 18.3. The van der Waals surface area contributed by atoms with E-state index < -0.39 is 17.6 Å². The monoisotopic (exact) mass is 374 g/mol. The van der Waals surface area contributed by atoms with Gasteiger partial charge in [0.25, 0.3) is 11.7 Å². The van der Waals surface area contributed by atoms with Crippen LogP contribution in [0, 0.1) is 0 Å². The van der Waals surface area contributed by atoms with Crippen LogP contribution < -0.4 is 24.4 Å². The van der Waals surface area contributed by atoms with Gasteiger partial charge in [0.15, 0.2) is 11.5 Å². The Kier molecular flexibility index (Phi) is 5.02. The van der Waals surface area contributed by atoms with Crippen LogP contribution in [-0.2, 0) is 16.1 Å². The summed E-state index contributed by atoms with van der Waals surface area (Å²) in [5.74, 6) is -0.924. The maximum Gasteiger partial charge on any atom is 0.300 e. The summed E-state index contributed by atoms with van der Waals surface area (Å²) in [6.45, 7) is -0.166. The Labute approximate surface area is 154 Å². The van der Waals surface area contributed by atoms with E-state index in [-0.39, 0.29) is 41.6 Å². The molecule has 0 bridgehead atoms. The summed E-state index contributed by atoms with van der Waals surface area (Å²) < 4.78 is 20.9. The van der Waals surface area contributed by atoms with Gasteiger partial charge >= 0.3 is 0 Å². The van der Waals surface area contributed by atoms with Gasteiger partial charge < -0.3 is 23.9 Å². The Hall–Kier alpha value is -3.49. The summed E-state index contributed by atoms with van der Waals surface area (Å²) >= 11 is 0. The number of hydrogen-bond acceptors (Lipinski definition) is 7. The molecule has 2 aromatic rings. The number of hydrogen-bond donors (Lipinski definition) is 1. The van der Waals surface area contributed by atoms with Crippen LogP contribution in [0.2, 0.25) is 0 Å². The number of carbonyl (C=O) groups is 3. The average Bonchev–Trinajstić information content (AvgIpc) is 3.28. The van der Waals surface area contributed by atoms with Crippen molar-refractivity contribution in [2.24, 2.45) is 0 Å². The number of amides is 2. The van der Waals surface area contributed by atoms with Gasteiger partial charge in [0.05, 0.1) is 45.4 Å². The second-order valence-corrected chi connectivity index (χ2v) is 5.62. The molecule has 2 amide bonds. The number of ketones is 1. The van der Waals surface area contributed by atoms with E-state index in [9.17, 15) is 14.4 Å². The molecule has 142 valence electrons. The Morgan fingerprint density at radius 2 is 1.89 bits per heavy atom. The summed E-state index contributed by atoms with van der Waals surface area (Å²) in [6.07, 6.45) is 1.49. The lowest BCUT2D eigenvalue weighted by Crippen LogP contribution is -2.39. The molecule has 0 radical (unpaired) electrons. The normalized spacial score (nSPS) is 12.8. The highest BCUT2D eigenvalue weighted by molar-refractivity contribution is 6.53. The lowest BCUT2D eigenvalue weighted by Gasteiger charge is -2.19. The Bertz CT molecular complexity index is 890. The van der Waals surface area contributed by atoms with Crippen molar-refractivity contribution in [1.29, 1.82) is 0 Å². The molecule has 0 unspecified atom stereocenters. The zero-order valence-electron chi connectivity index (χ0n) is 15.0. The first-order valence-corrected chi connectivity index (χ1v) is 8.00. The number of anilines is 1. The highest BCUT2D eigenvalue weighted by Gasteiger charge is 2.41. The van der Waals surface area contributed by atoms with Crippen LogP contribution in [-0.4, -0.2) is 45.5 Å². The van der Waals surface area contributed by atoms with Crippen LogP contribution in [0.1, 0.15) is 16.1 Å². The molecular formula is C18H18N2O7. The predicted octanol–water partition coefficient (Wildman–Crippen LogP) is 1.15. The van der Waals surface area contributed by atoms with E-state index in [1.165, 1.54) is 33.7 Å². The highest BCUT2D eigenvalue weighted by atomic mass is 16.5. The smallest absolute Gasteiger partial charge is 0.300 e. The Morgan fingerprint density at radius 1 is 1.15 bits per heavy atom. The predicted molar refractivity (Wildman–Crippen MR) is 93.3 cm³/mol. The molecule has 27 heavy (non-hydrogen) atoms. The van der Waals surface area contributed by atoms with E-state index in [0.717, 1.165) is 4.90 Å². The largest absolute Gasteiger partial charge is 0.493 e. The fourth-order valence-electron chi connectivity index (χ4n) is 2.87. The van der Waals surface area contributed by atoms with Crippen molar-refractivity contribution < 1.29 is 33.0 Å². The molecule has 3 rings (SSSR count). The third kappa shape index (κ3) is 3.19. The van der Waals surface area contributed by atoms with Crippen molar-refractivity contribution in [2.75, 3.05) is 32.8 Å². The second kappa shape index (κ2) is 7.40. The van der Waals surface area contributed by atoms with Crippen LogP contribution in [0.25, 0.3) is 0 Å². The number of fused-ring (bicyclic) bond motifs is 1. The Morgan fingerprint density at radius 3 is 2.48 bits per heavy atom. The van der Waals surface area contributed by atoms with Gasteiger partial charge in [0.1, 0.15) is 12.3 Å². The van der Waals surface area contributed by atoms with Crippen molar-refractivity contribution in [3.8, 4) is 17.2 Å². The van der Waals surface area contributed by atoms with Gasteiger partial charge in [-0.25, -0.2) is 0 Å². The summed E-state index contributed by atoms with van der Waals surface area (Å²) in [5, 5.41) is 2.63. The van der Waals surface area contributed by atoms with Crippen molar-refractivity contribution in [3.05, 3.63) is 35.8 Å². The summed E-state index contributed by atoms with van der Waals surface area (Å²) in [7, 11) is 4.17. The van der Waals surface area contributed by atoms with Gasteiger partial charge in [-0.3, -0.25) is 19.3 Å². The molecule has 0 spiro atoms. The van der Waals surface area contributed by atoms with Crippen molar-refractivity contribution >= 4 is 23.3 Å². The number of ether oxygens (including phenoxy) is 3. The maximum atomic E-state index is 12.5. The van der Waals surface area contributed by atoms with Crippen LogP contribution in [0.15, 0.2) is 28.9 Å². The second-order valence-electron chi connectivity index (χ2n) is 5.62. The van der Waals surface area contributed by atoms with Gasteiger partial charge in [-0.05, 0) is 12.1 Å². The molecule has 9 heteroatoms. The topological polar surface area (TPSA) is 107 Å². The van der Waals surface area contributed by atoms with E-state index in [1.54, 1.807) is 12.1 Å². The minimum atomic E-state index is -0.827. The van der Waals surface area contributed by atoms with E-state index >= 15 is 0 Å². The van der Waals surface area contributed by atoms with Crippen LogP contribution in [0.4, 0.5) is 5.69 Å². The van der Waals surface area contributed by atoms with Gasteiger partial charge in [0, 0.05) is 6.07 Å². The molecule has 0 saturated carbocycles. The first-order chi connectivity index (χ1) is 13.0. The standard InChI is InChI=1S/C18H18N2O7/c1-24-12-7-11-14(17(26-3)16(12)25-2)15(22)18(23)20(11)9-13(21)19-8-10-5-4-6-27-10/h4-7H,8-9H2,1-3H3,(H,19,21). The average molecular weight is 374 g/mol. The fraction of sp³-hybridized carbons (Fsp3) is 0.278. The number of rotatable bonds is 7. The van der Waals surface area contributed by atoms with E-state index in [1.807, 2.05) is 0 Å². The van der Waals surface area contributed by atoms with Crippen molar-refractivity contribution in [1.82, 2.24) is 5.32 Å². The quantitative estimate of drug-likeness (QED) is 0.725. The summed E-state index contributed by atoms with van der Waals surface area (Å²) in [4.78, 5) is 38.2. The molecule has 0 atom stereocenters. The molecule has 2 heterocycles. The molecule has 1 aliphatic rings. The van der Waals surface area contributed by atoms with E-state index in [2.05, 4.69) is 5.32 Å². The molecule has 0 aliphatic carbocycles. The first-order valence-electron chi connectivity index (χ1n) is 8.00. The van der Waals surface area contributed by atoms with E-state index in [4.69, 9.17) is 18.6 Å². The number of methoxy groups -OCH3 is 3. The van der Waals surface area contributed by atoms with Crippen LogP contribution in [0.3, 0.4) is 0 Å². The lowest BCUT2D eigenvalue weighted by molar-refractivity contribution is -0.122. The highest BCUT2D eigenvalue weighted by Crippen LogP contribution is 2.47. The number of nitrogens with zero attached hydrogens (tertiary/aromatic N) is 1. The third-order valence-corrected chi connectivity index (χ3v) is 4.11. The summed E-state index contributed by atoms with van der Waals surface area (Å²) in [5.41, 5.74) is 0.270. The number of benzene rings is 1. The minimum absolute atomic E-state index is 0.0407. The zero-order chi connectivity index (χ0) is 19.6. The van der Waals surface area contributed by atoms with E-state index in [0.29, 0.717) is 5.76 Å². The van der Waals surface area contributed by atoms with Gasteiger partial charge in [0.2, 0.25) is 11.7 Å². The van der Waals surface area contributed by atoms with Crippen LogP contribution in [0.5, 0.6) is 17.2 Å². The lowest BCUT2D eigenvalue weighted by atomic mass is 10.1. The molecule has 1 N–H and O–H groups in total. The number of nitrogens with one attached hydrogen (secondary N) is 1. The molecule has 1 aliphatic heterocycles. The van der Waals surface area contributed by atoms with Crippen molar-refractivity contribution in [3.63, 3.8) is 0 Å². The van der Waals surface area contributed by atoms with Gasteiger partial charge in [-0.15, -0.1) is 0 Å². The molecule has 1 aromatic carbocycles. The van der Waals surface area contributed by atoms with Crippen molar-refractivity contribution in [2.45, 2.75) is 6.54 Å². The maximum absolute atomic E-state index is 12.5. The third-order valence-electron chi connectivity index (χ3n) is 4.11. The minimum Gasteiger partial charge on any atom is -0.493 e. The number of furan rings is 1.